The zero-order valence-electron chi connectivity index (χ0n) is 15.7. The molecule has 3 N–H and O–H groups in total. The van der Waals surface area contributed by atoms with Crippen LogP contribution < -0.4 is 5.32 Å². The van der Waals surface area contributed by atoms with Crippen LogP contribution in [0.1, 0.15) is 51.4 Å². The summed E-state index contributed by atoms with van der Waals surface area (Å²) in [6.45, 7) is 4.26. The molecule has 0 fully saturated rings. The molecule has 0 aliphatic heterocycles. The van der Waals surface area contributed by atoms with E-state index < -0.39 is 11.9 Å². The first-order valence-corrected chi connectivity index (χ1v) is 9.98. The van der Waals surface area contributed by atoms with Crippen molar-refractivity contribution < 1.29 is 19.8 Å². The van der Waals surface area contributed by atoms with Gasteiger partial charge in [0, 0.05) is 4.88 Å². The van der Waals surface area contributed by atoms with Crippen LogP contribution in [0.25, 0.3) is 10.8 Å². The first-order chi connectivity index (χ1) is 13.2. The van der Waals surface area contributed by atoms with Gasteiger partial charge in [-0.1, -0.05) is 38.1 Å². The van der Waals surface area contributed by atoms with Crippen molar-refractivity contribution in [3.63, 3.8) is 0 Å². The Morgan fingerprint density at radius 2 is 1.82 bits per heavy atom. The average Bonchev–Trinajstić information content (AvgIpc) is 2.96. The fraction of sp³-hybridized carbons (Fsp3) is 0.273. The lowest BCUT2D eigenvalue weighted by Gasteiger charge is -2.29. The molecule has 0 unspecified atom stereocenters. The molecule has 3 aromatic rings. The Morgan fingerprint density at radius 3 is 2.50 bits per heavy atom. The zero-order chi connectivity index (χ0) is 20.1. The van der Waals surface area contributed by atoms with Crippen molar-refractivity contribution in [3.05, 3.63) is 58.0 Å². The molecule has 0 bridgehead atoms. The molecule has 0 radical (unpaired) electrons. The van der Waals surface area contributed by atoms with Gasteiger partial charge >= 0.3 is 5.97 Å². The number of hydrogen-bond acceptors (Lipinski definition) is 4. The number of aryl methyl sites for hydroxylation is 1. The van der Waals surface area contributed by atoms with Gasteiger partial charge in [-0.05, 0) is 53.1 Å². The topological polar surface area (TPSA) is 86.6 Å². The van der Waals surface area contributed by atoms with Crippen molar-refractivity contribution in [2.45, 2.75) is 33.1 Å². The van der Waals surface area contributed by atoms with Crippen LogP contribution >= 0.6 is 11.3 Å². The molecular formula is C22H21NO4S. The number of thiophene rings is 1. The molecule has 1 aliphatic carbocycles. The molecule has 6 heteroatoms. The number of nitrogens with one attached hydrogen (secondary N) is 1. The molecular weight excluding hydrogens is 374 g/mol. The molecule has 1 heterocycles. The summed E-state index contributed by atoms with van der Waals surface area (Å²) in [5, 5.41) is 24.8. The smallest absolute Gasteiger partial charge is 0.339 e. The summed E-state index contributed by atoms with van der Waals surface area (Å²) < 4.78 is 0. The lowest BCUT2D eigenvalue weighted by Crippen LogP contribution is -2.22. The second kappa shape index (κ2) is 6.63. The molecule has 5 nitrogen and oxygen atoms in total. The minimum Gasteiger partial charge on any atom is -0.507 e. The van der Waals surface area contributed by atoms with E-state index in [1.807, 2.05) is 24.3 Å². The highest BCUT2D eigenvalue weighted by molar-refractivity contribution is 7.17. The predicted octanol–water partition coefficient (Wildman–Crippen LogP) is 5.07. The number of rotatable bonds is 3. The normalized spacial score (nSPS) is 15.2. The van der Waals surface area contributed by atoms with Crippen LogP contribution in [0.15, 0.2) is 36.4 Å². The van der Waals surface area contributed by atoms with Crippen LogP contribution in [0.5, 0.6) is 5.75 Å². The molecule has 0 spiro atoms. The maximum absolute atomic E-state index is 12.8. The van der Waals surface area contributed by atoms with Crippen LogP contribution in [0, 0.1) is 5.41 Å². The zero-order valence-corrected chi connectivity index (χ0v) is 16.5. The summed E-state index contributed by atoms with van der Waals surface area (Å²) in [5.74, 6) is -1.67. The van der Waals surface area contributed by atoms with Crippen molar-refractivity contribution in [2.24, 2.45) is 5.41 Å². The highest BCUT2D eigenvalue weighted by Gasteiger charge is 2.33. The largest absolute Gasteiger partial charge is 0.507 e. The fourth-order valence-corrected chi connectivity index (χ4v) is 5.02. The van der Waals surface area contributed by atoms with Gasteiger partial charge < -0.3 is 15.5 Å². The SMILES string of the molecule is CC1(C)CCc2sc(NC(=O)c3cc4ccccc4cc3O)c(C(=O)O)c2C1. The maximum atomic E-state index is 12.8. The minimum atomic E-state index is -1.03. The van der Waals surface area contributed by atoms with E-state index in [1.165, 1.54) is 11.3 Å². The number of benzene rings is 2. The molecule has 1 aliphatic rings. The summed E-state index contributed by atoms with van der Waals surface area (Å²) in [6, 6.07) is 10.6. The van der Waals surface area contributed by atoms with Gasteiger partial charge in [0.25, 0.3) is 5.91 Å². The lowest BCUT2D eigenvalue weighted by atomic mass is 9.76. The van der Waals surface area contributed by atoms with E-state index in [-0.39, 0.29) is 22.3 Å². The number of carbonyl (C=O) groups is 2. The minimum absolute atomic E-state index is 0.0379. The van der Waals surface area contributed by atoms with E-state index in [0.29, 0.717) is 11.4 Å². The molecule has 144 valence electrons. The molecule has 4 rings (SSSR count). The van der Waals surface area contributed by atoms with E-state index in [0.717, 1.165) is 34.1 Å². The molecule has 2 aromatic carbocycles. The quantitative estimate of drug-likeness (QED) is 0.578. The number of amides is 1. The Kier molecular flexibility index (Phi) is 4.38. The lowest BCUT2D eigenvalue weighted by molar-refractivity contribution is 0.0696. The second-order valence-corrected chi connectivity index (χ2v) is 9.13. The molecule has 28 heavy (non-hydrogen) atoms. The number of anilines is 1. The number of carbonyl (C=O) groups excluding carboxylic acids is 1. The van der Waals surface area contributed by atoms with Gasteiger partial charge in [-0.2, -0.15) is 0 Å². The second-order valence-electron chi connectivity index (χ2n) is 8.02. The third-order valence-corrected chi connectivity index (χ3v) is 6.53. The summed E-state index contributed by atoms with van der Waals surface area (Å²) in [4.78, 5) is 25.8. The van der Waals surface area contributed by atoms with E-state index in [2.05, 4.69) is 19.2 Å². The van der Waals surface area contributed by atoms with Gasteiger partial charge in [-0.25, -0.2) is 4.79 Å². The highest BCUT2D eigenvalue weighted by atomic mass is 32.1. The highest BCUT2D eigenvalue weighted by Crippen LogP contribution is 2.44. The Hall–Kier alpha value is -2.86. The van der Waals surface area contributed by atoms with Crippen LogP contribution in [-0.2, 0) is 12.8 Å². The van der Waals surface area contributed by atoms with Crippen LogP contribution in [-0.4, -0.2) is 22.1 Å². The number of aromatic carboxylic acids is 1. The first-order valence-electron chi connectivity index (χ1n) is 9.16. The molecule has 0 atom stereocenters. The molecule has 1 aromatic heterocycles. The fourth-order valence-electron chi connectivity index (χ4n) is 3.81. The van der Waals surface area contributed by atoms with Gasteiger partial charge in [-0.3, -0.25) is 4.79 Å². The van der Waals surface area contributed by atoms with Gasteiger partial charge in [-0.15, -0.1) is 11.3 Å². The number of hydrogen-bond donors (Lipinski definition) is 3. The summed E-state index contributed by atoms with van der Waals surface area (Å²) in [5.41, 5.74) is 1.17. The predicted molar refractivity (Wildman–Crippen MR) is 111 cm³/mol. The van der Waals surface area contributed by atoms with Gasteiger partial charge in [0.1, 0.15) is 10.8 Å². The van der Waals surface area contributed by atoms with Gasteiger partial charge in [0.15, 0.2) is 0 Å². The average molecular weight is 395 g/mol. The third kappa shape index (κ3) is 3.24. The van der Waals surface area contributed by atoms with Gasteiger partial charge in [0.2, 0.25) is 0 Å². The number of carboxylic acid groups (broad SMARTS) is 1. The van der Waals surface area contributed by atoms with E-state index in [1.54, 1.807) is 12.1 Å². The van der Waals surface area contributed by atoms with Crippen LogP contribution in [0.3, 0.4) is 0 Å². The van der Waals surface area contributed by atoms with E-state index >= 15 is 0 Å². The summed E-state index contributed by atoms with van der Waals surface area (Å²) >= 11 is 1.33. The summed E-state index contributed by atoms with van der Waals surface area (Å²) in [6.07, 6.45) is 2.47. The Labute approximate surface area is 166 Å². The van der Waals surface area contributed by atoms with Crippen LogP contribution in [0.4, 0.5) is 5.00 Å². The van der Waals surface area contributed by atoms with Crippen molar-refractivity contribution in [3.8, 4) is 5.75 Å². The molecule has 0 saturated heterocycles. The molecule has 0 saturated carbocycles. The van der Waals surface area contributed by atoms with E-state index in [4.69, 9.17) is 0 Å². The summed E-state index contributed by atoms with van der Waals surface area (Å²) in [7, 11) is 0. The van der Waals surface area contributed by atoms with Crippen molar-refractivity contribution in [1.82, 2.24) is 0 Å². The number of phenols is 1. The van der Waals surface area contributed by atoms with Crippen molar-refractivity contribution in [1.29, 1.82) is 0 Å². The molecule has 1 amide bonds. The Bertz CT molecular complexity index is 1110. The van der Waals surface area contributed by atoms with E-state index in [9.17, 15) is 19.8 Å². The van der Waals surface area contributed by atoms with Crippen molar-refractivity contribution >= 4 is 39.0 Å². The maximum Gasteiger partial charge on any atom is 0.339 e. The first kappa shape index (κ1) is 18.5. The Balaban J connectivity index is 1.72. The number of aromatic hydroxyl groups is 1. The number of fused-ring (bicyclic) bond motifs is 2. The van der Waals surface area contributed by atoms with Gasteiger partial charge in [0.05, 0.1) is 11.1 Å². The van der Waals surface area contributed by atoms with Crippen LogP contribution in [0.2, 0.25) is 0 Å². The standard InChI is InChI=1S/C22H21NO4S/c1-22(2)8-7-17-15(11-22)18(21(26)27)20(28-17)23-19(25)14-9-12-5-3-4-6-13(12)10-16(14)24/h3-6,9-10,24H,7-8,11H2,1-2H3,(H,23,25)(H,26,27). The monoisotopic (exact) mass is 395 g/mol. The Morgan fingerprint density at radius 1 is 1.14 bits per heavy atom. The number of carboxylic acids is 1. The number of phenolic OH excluding ortho intramolecular Hbond substituents is 1. The van der Waals surface area contributed by atoms with Crippen molar-refractivity contribution in [2.75, 3.05) is 5.32 Å². The third-order valence-electron chi connectivity index (χ3n) is 5.32.